The number of rotatable bonds is 3. The van der Waals surface area contributed by atoms with E-state index < -0.39 is 0 Å². The van der Waals surface area contributed by atoms with Gasteiger partial charge in [-0.05, 0) is 44.0 Å². The van der Waals surface area contributed by atoms with E-state index >= 15 is 0 Å². The molecule has 1 amide bonds. The molecule has 0 aliphatic carbocycles. The normalized spacial score (nSPS) is 18.1. The van der Waals surface area contributed by atoms with E-state index in [1.807, 2.05) is 36.1 Å². The molecule has 2 aromatic rings. The Kier molecular flexibility index (Phi) is 4.41. The minimum Gasteiger partial charge on any atom is -0.308 e. The molecular formula is C17H17ClN2OS. The predicted octanol–water partition coefficient (Wildman–Crippen LogP) is 4.19. The van der Waals surface area contributed by atoms with Crippen molar-refractivity contribution in [1.82, 2.24) is 4.98 Å². The van der Waals surface area contributed by atoms with Crippen LogP contribution in [0.15, 0.2) is 47.6 Å². The molecule has 0 spiro atoms. The second kappa shape index (κ2) is 6.31. The van der Waals surface area contributed by atoms with Gasteiger partial charge in [0.2, 0.25) is 5.91 Å². The molecule has 2 unspecified atom stereocenters. The number of hydrogen-bond donors (Lipinski definition) is 0. The third kappa shape index (κ3) is 2.99. The molecule has 1 aliphatic heterocycles. The van der Waals surface area contributed by atoms with Crippen LogP contribution in [0.1, 0.15) is 19.4 Å². The number of fused-ring (bicyclic) bond motifs is 1. The van der Waals surface area contributed by atoms with Crippen molar-refractivity contribution in [3.05, 3.63) is 53.2 Å². The van der Waals surface area contributed by atoms with E-state index in [4.69, 9.17) is 11.6 Å². The third-order valence-corrected chi connectivity index (χ3v) is 5.05. The Balaban J connectivity index is 1.77. The van der Waals surface area contributed by atoms with Crippen molar-refractivity contribution in [3.8, 4) is 0 Å². The molecule has 3 rings (SSSR count). The number of para-hydroxylation sites is 1. The van der Waals surface area contributed by atoms with E-state index in [1.54, 1.807) is 12.3 Å². The quantitative estimate of drug-likeness (QED) is 0.790. The number of anilines is 1. The van der Waals surface area contributed by atoms with Crippen molar-refractivity contribution in [2.24, 2.45) is 0 Å². The van der Waals surface area contributed by atoms with Crippen LogP contribution in [-0.4, -0.2) is 22.2 Å². The van der Waals surface area contributed by atoms with Crippen molar-refractivity contribution < 1.29 is 4.79 Å². The summed E-state index contributed by atoms with van der Waals surface area (Å²) >= 11 is 7.31. The first kappa shape index (κ1) is 15.4. The Morgan fingerprint density at radius 2 is 2.14 bits per heavy atom. The Hall–Kier alpha value is -1.52. The number of carbonyl (C=O) groups excluding carboxylic acids is 1. The average Bonchev–Trinajstić information content (AvgIpc) is 2.84. The van der Waals surface area contributed by atoms with Crippen molar-refractivity contribution in [2.75, 3.05) is 4.90 Å². The summed E-state index contributed by atoms with van der Waals surface area (Å²) in [4.78, 5) is 19.0. The molecule has 0 fully saturated rings. The van der Waals surface area contributed by atoms with Gasteiger partial charge in [-0.2, -0.15) is 0 Å². The summed E-state index contributed by atoms with van der Waals surface area (Å²) in [6, 6.07) is 12.0. The van der Waals surface area contributed by atoms with E-state index in [1.165, 1.54) is 17.3 Å². The van der Waals surface area contributed by atoms with E-state index in [9.17, 15) is 4.79 Å². The maximum Gasteiger partial charge on any atom is 0.240 e. The first-order valence-corrected chi connectivity index (χ1v) is 8.51. The summed E-state index contributed by atoms with van der Waals surface area (Å²) in [5.74, 6) is 0.124. The van der Waals surface area contributed by atoms with Crippen LogP contribution in [0.2, 0.25) is 5.02 Å². The minimum absolute atomic E-state index is 0.124. The number of aromatic nitrogens is 1. The zero-order chi connectivity index (χ0) is 15.7. The zero-order valence-corrected chi connectivity index (χ0v) is 14.1. The van der Waals surface area contributed by atoms with Crippen molar-refractivity contribution in [1.29, 1.82) is 0 Å². The van der Waals surface area contributed by atoms with Gasteiger partial charge in [-0.15, -0.1) is 0 Å². The highest BCUT2D eigenvalue weighted by molar-refractivity contribution is 8.00. The highest BCUT2D eigenvalue weighted by atomic mass is 35.5. The smallest absolute Gasteiger partial charge is 0.240 e. The van der Waals surface area contributed by atoms with Gasteiger partial charge < -0.3 is 4.90 Å². The van der Waals surface area contributed by atoms with Crippen LogP contribution in [0, 0.1) is 0 Å². The van der Waals surface area contributed by atoms with Crippen LogP contribution in [0.25, 0.3) is 0 Å². The van der Waals surface area contributed by atoms with Crippen molar-refractivity contribution >= 4 is 35.0 Å². The average molecular weight is 333 g/mol. The molecule has 3 nitrogen and oxygen atoms in total. The lowest BCUT2D eigenvalue weighted by Gasteiger charge is -2.25. The molecule has 0 saturated heterocycles. The second-order valence-electron chi connectivity index (χ2n) is 5.46. The zero-order valence-electron chi connectivity index (χ0n) is 12.5. The Bertz CT molecular complexity index is 689. The van der Waals surface area contributed by atoms with Gasteiger partial charge in [0, 0.05) is 17.9 Å². The molecule has 1 aromatic carbocycles. The monoisotopic (exact) mass is 332 g/mol. The predicted molar refractivity (Wildman–Crippen MR) is 91.7 cm³/mol. The fourth-order valence-electron chi connectivity index (χ4n) is 2.76. The summed E-state index contributed by atoms with van der Waals surface area (Å²) in [6.45, 7) is 4.02. The molecule has 5 heteroatoms. The van der Waals surface area contributed by atoms with E-state index in [-0.39, 0.29) is 17.2 Å². The van der Waals surface area contributed by atoms with Crippen molar-refractivity contribution in [3.63, 3.8) is 0 Å². The lowest BCUT2D eigenvalue weighted by molar-refractivity contribution is -0.118. The number of halogens is 1. The first-order chi connectivity index (χ1) is 10.6. The standard InChI is InChI=1S/C17H17ClN2OS/c1-11-9-13-5-3-4-6-15(13)20(11)17(21)12(2)22-16-8-7-14(18)10-19-16/h3-8,10-12H,9H2,1-2H3. The Labute approximate surface area is 139 Å². The Morgan fingerprint density at radius 3 is 2.86 bits per heavy atom. The number of carbonyl (C=O) groups is 1. The van der Waals surface area contributed by atoms with E-state index in [0.717, 1.165) is 17.1 Å². The molecule has 0 N–H and O–H groups in total. The van der Waals surface area contributed by atoms with E-state index in [0.29, 0.717) is 5.02 Å². The van der Waals surface area contributed by atoms with Crippen LogP contribution in [0.4, 0.5) is 5.69 Å². The van der Waals surface area contributed by atoms with Gasteiger partial charge in [-0.1, -0.05) is 41.6 Å². The number of nitrogens with zero attached hydrogens (tertiary/aromatic N) is 2. The maximum atomic E-state index is 12.8. The van der Waals surface area contributed by atoms with E-state index in [2.05, 4.69) is 18.0 Å². The number of benzene rings is 1. The topological polar surface area (TPSA) is 33.2 Å². The molecule has 2 atom stereocenters. The lowest BCUT2D eigenvalue weighted by atomic mass is 10.1. The molecule has 1 aromatic heterocycles. The van der Waals surface area contributed by atoms with Crippen LogP contribution in [-0.2, 0) is 11.2 Å². The van der Waals surface area contributed by atoms with Crippen LogP contribution in [0.5, 0.6) is 0 Å². The van der Waals surface area contributed by atoms with Gasteiger partial charge in [0.1, 0.15) is 0 Å². The molecule has 114 valence electrons. The second-order valence-corrected chi connectivity index (χ2v) is 7.26. The van der Waals surface area contributed by atoms with Gasteiger partial charge in [0.25, 0.3) is 0 Å². The molecule has 2 heterocycles. The highest BCUT2D eigenvalue weighted by Gasteiger charge is 2.33. The molecule has 1 aliphatic rings. The summed E-state index contributed by atoms with van der Waals surface area (Å²) in [7, 11) is 0. The Morgan fingerprint density at radius 1 is 1.36 bits per heavy atom. The van der Waals surface area contributed by atoms with Crippen molar-refractivity contribution in [2.45, 2.75) is 36.6 Å². The van der Waals surface area contributed by atoms with Gasteiger partial charge in [0.05, 0.1) is 15.3 Å². The molecular weight excluding hydrogens is 316 g/mol. The van der Waals surface area contributed by atoms with Crippen LogP contribution in [0.3, 0.4) is 0 Å². The SMILES string of the molecule is CC(Sc1ccc(Cl)cn1)C(=O)N1c2ccccc2CC1C. The molecule has 22 heavy (non-hydrogen) atoms. The number of pyridine rings is 1. The summed E-state index contributed by atoms with van der Waals surface area (Å²) in [6.07, 6.45) is 2.52. The minimum atomic E-state index is -0.192. The van der Waals surface area contributed by atoms with Gasteiger partial charge >= 0.3 is 0 Å². The summed E-state index contributed by atoms with van der Waals surface area (Å²) in [5.41, 5.74) is 2.28. The number of amides is 1. The summed E-state index contributed by atoms with van der Waals surface area (Å²) in [5, 5.41) is 1.22. The van der Waals surface area contributed by atoms with Crippen LogP contribution >= 0.6 is 23.4 Å². The summed E-state index contributed by atoms with van der Waals surface area (Å²) < 4.78 is 0. The maximum absolute atomic E-state index is 12.8. The van der Waals surface area contributed by atoms with Gasteiger partial charge in [-0.25, -0.2) is 4.98 Å². The molecule has 0 bridgehead atoms. The van der Waals surface area contributed by atoms with Gasteiger partial charge in [0.15, 0.2) is 0 Å². The fourth-order valence-corrected chi connectivity index (χ4v) is 3.71. The first-order valence-electron chi connectivity index (χ1n) is 7.25. The lowest BCUT2D eigenvalue weighted by Crippen LogP contribution is -2.40. The third-order valence-electron chi connectivity index (χ3n) is 3.79. The largest absolute Gasteiger partial charge is 0.308 e. The van der Waals surface area contributed by atoms with Gasteiger partial charge in [-0.3, -0.25) is 4.79 Å². The number of hydrogen-bond acceptors (Lipinski definition) is 3. The number of thioether (sulfide) groups is 1. The van der Waals surface area contributed by atoms with Crippen LogP contribution < -0.4 is 4.90 Å². The molecule has 0 saturated carbocycles. The fraction of sp³-hybridized carbons (Fsp3) is 0.294. The molecule has 0 radical (unpaired) electrons. The highest BCUT2D eigenvalue weighted by Crippen LogP contribution is 2.34.